The maximum absolute atomic E-state index is 11.6. The molecule has 1 aromatic rings. The lowest BCUT2D eigenvalue weighted by atomic mass is 10.1. The number of carbonyl (C=O) groups is 2. The van der Waals surface area contributed by atoms with Gasteiger partial charge in [-0.05, 0) is 6.07 Å². The van der Waals surface area contributed by atoms with Gasteiger partial charge in [0.25, 0.3) is 0 Å². The summed E-state index contributed by atoms with van der Waals surface area (Å²) in [4.78, 5) is 23.8. The monoisotopic (exact) mass is 266 g/mol. The molecule has 5 nitrogen and oxygen atoms in total. The molecule has 2 rings (SSSR count). The Hall–Kier alpha value is -1.69. The second-order valence-corrected chi connectivity index (χ2v) is 5.12. The highest BCUT2D eigenvalue weighted by molar-refractivity contribution is 7.99. The van der Waals surface area contributed by atoms with Gasteiger partial charge < -0.3 is 19.9 Å². The number of phenolic OH excluding ortho intramolecular Hbond substituents is 1. The van der Waals surface area contributed by atoms with Gasteiger partial charge in [-0.3, -0.25) is 4.79 Å². The third kappa shape index (κ3) is 2.15. The molecule has 1 saturated heterocycles. The Labute approximate surface area is 108 Å². The number of nitrogens with zero attached hydrogens (tertiary/aromatic N) is 1. The molecule has 2 atom stereocenters. The Kier molecular flexibility index (Phi) is 3.47. The molecule has 0 bridgehead atoms. The standard InChI is InChI=1S/C12H13NO4S/c1-7(14)13-9(12(16)17)6-18-11(13)8-4-2-3-5-10(8)15/h2-5,9,11,15H,6H2,1H3,(H,16,17)/p-1/t9-,11+/m1/s1. The van der Waals surface area contributed by atoms with Crippen LogP contribution in [0.15, 0.2) is 24.3 Å². The summed E-state index contributed by atoms with van der Waals surface area (Å²) in [6.45, 7) is 1.31. The van der Waals surface area contributed by atoms with Crippen molar-refractivity contribution in [3.63, 3.8) is 0 Å². The average molecular weight is 266 g/mol. The Bertz CT molecular complexity index is 491. The van der Waals surface area contributed by atoms with Gasteiger partial charge in [0.2, 0.25) is 5.91 Å². The van der Waals surface area contributed by atoms with Crippen LogP contribution in [0.4, 0.5) is 0 Å². The van der Waals surface area contributed by atoms with Crippen molar-refractivity contribution in [2.24, 2.45) is 0 Å². The minimum atomic E-state index is -1.27. The number of thioether (sulfide) groups is 1. The van der Waals surface area contributed by atoms with Crippen LogP contribution in [0.5, 0.6) is 5.75 Å². The zero-order valence-corrected chi connectivity index (χ0v) is 10.5. The number of carboxylic acid groups (broad SMARTS) is 1. The van der Waals surface area contributed by atoms with E-state index in [2.05, 4.69) is 0 Å². The van der Waals surface area contributed by atoms with Crippen LogP contribution in [0.25, 0.3) is 0 Å². The number of carboxylic acids is 1. The quantitative estimate of drug-likeness (QED) is 0.821. The van der Waals surface area contributed by atoms with Gasteiger partial charge in [-0.25, -0.2) is 0 Å². The summed E-state index contributed by atoms with van der Waals surface area (Å²) >= 11 is 1.31. The molecule has 96 valence electrons. The van der Waals surface area contributed by atoms with E-state index in [1.165, 1.54) is 29.7 Å². The molecule has 0 spiro atoms. The van der Waals surface area contributed by atoms with Gasteiger partial charge in [0.1, 0.15) is 11.1 Å². The molecule has 1 aliphatic heterocycles. The third-order valence-corrected chi connectivity index (χ3v) is 4.14. The van der Waals surface area contributed by atoms with Gasteiger partial charge in [0.05, 0.1) is 12.0 Å². The fraction of sp³-hybridized carbons (Fsp3) is 0.333. The van der Waals surface area contributed by atoms with Crippen LogP contribution in [0.2, 0.25) is 0 Å². The van der Waals surface area contributed by atoms with Gasteiger partial charge >= 0.3 is 0 Å². The highest BCUT2D eigenvalue weighted by Crippen LogP contribution is 2.43. The van der Waals surface area contributed by atoms with Gasteiger partial charge in [-0.1, -0.05) is 18.2 Å². The number of para-hydroxylation sites is 1. The number of hydrogen-bond donors (Lipinski definition) is 1. The highest BCUT2D eigenvalue weighted by atomic mass is 32.2. The van der Waals surface area contributed by atoms with Crippen molar-refractivity contribution in [2.75, 3.05) is 5.75 Å². The largest absolute Gasteiger partial charge is 0.548 e. The SMILES string of the molecule is CC(=O)N1[C@@H](C(=O)[O-])CS[C@H]1c1ccccc1O. The average Bonchev–Trinajstić information content (AvgIpc) is 2.74. The fourth-order valence-electron chi connectivity index (χ4n) is 2.01. The maximum atomic E-state index is 11.6. The molecule has 1 fully saturated rings. The molecule has 1 N–H and O–H groups in total. The molecule has 18 heavy (non-hydrogen) atoms. The van der Waals surface area contributed by atoms with Gasteiger partial charge in [0.15, 0.2) is 0 Å². The summed E-state index contributed by atoms with van der Waals surface area (Å²) in [7, 11) is 0. The number of carbonyl (C=O) groups excluding carboxylic acids is 2. The molecular weight excluding hydrogens is 254 g/mol. The zero-order valence-electron chi connectivity index (χ0n) is 9.70. The smallest absolute Gasteiger partial charge is 0.221 e. The minimum absolute atomic E-state index is 0.0558. The summed E-state index contributed by atoms with van der Waals surface area (Å²) in [6, 6.07) is 5.66. The van der Waals surface area contributed by atoms with Gasteiger partial charge in [0, 0.05) is 18.2 Å². The number of amides is 1. The number of aromatic hydroxyl groups is 1. The van der Waals surface area contributed by atoms with Crippen LogP contribution in [0.3, 0.4) is 0 Å². The Morgan fingerprint density at radius 2 is 2.11 bits per heavy atom. The number of benzene rings is 1. The molecule has 1 heterocycles. The first-order chi connectivity index (χ1) is 8.52. The summed E-state index contributed by atoms with van der Waals surface area (Å²) in [5, 5.41) is 20.3. The number of phenols is 1. The fourth-order valence-corrected chi connectivity index (χ4v) is 3.50. The van der Waals surface area contributed by atoms with E-state index in [4.69, 9.17) is 0 Å². The van der Waals surface area contributed by atoms with E-state index in [1.807, 2.05) is 0 Å². The van der Waals surface area contributed by atoms with E-state index in [9.17, 15) is 19.8 Å². The maximum Gasteiger partial charge on any atom is 0.221 e. The van der Waals surface area contributed by atoms with E-state index in [0.29, 0.717) is 5.56 Å². The molecule has 1 aliphatic rings. The summed E-state index contributed by atoms with van der Waals surface area (Å²) in [5.41, 5.74) is 0.543. The first kappa shape index (κ1) is 12.8. The second-order valence-electron chi connectivity index (χ2n) is 4.01. The van der Waals surface area contributed by atoms with E-state index in [1.54, 1.807) is 18.2 Å². The van der Waals surface area contributed by atoms with Crippen molar-refractivity contribution in [3.05, 3.63) is 29.8 Å². The summed E-state index contributed by atoms with van der Waals surface area (Å²) in [6.07, 6.45) is 0. The van der Waals surface area contributed by atoms with Crippen molar-refractivity contribution >= 4 is 23.6 Å². The Morgan fingerprint density at radius 1 is 1.44 bits per heavy atom. The van der Waals surface area contributed by atoms with E-state index in [0.717, 1.165) is 0 Å². The van der Waals surface area contributed by atoms with Crippen LogP contribution in [0.1, 0.15) is 17.9 Å². The molecule has 0 aromatic heterocycles. The lowest BCUT2D eigenvalue weighted by Crippen LogP contribution is -2.48. The number of aliphatic carboxylic acids is 1. The highest BCUT2D eigenvalue weighted by Gasteiger charge is 2.38. The summed E-state index contributed by atoms with van der Waals surface area (Å²) in [5.74, 6) is -1.29. The molecule has 0 radical (unpaired) electrons. The topological polar surface area (TPSA) is 80.7 Å². The van der Waals surface area contributed by atoms with Crippen LogP contribution in [-0.4, -0.2) is 33.7 Å². The minimum Gasteiger partial charge on any atom is -0.548 e. The third-order valence-electron chi connectivity index (χ3n) is 2.84. The van der Waals surface area contributed by atoms with Crippen LogP contribution >= 0.6 is 11.8 Å². The summed E-state index contributed by atoms with van der Waals surface area (Å²) < 4.78 is 0. The molecule has 6 heteroatoms. The normalized spacial score (nSPS) is 23.1. The predicted molar refractivity (Wildman–Crippen MR) is 64.6 cm³/mol. The molecule has 0 aliphatic carbocycles. The molecule has 1 amide bonds. The molecular formula is C12H12NO4S-. The Balaban J connectivity index is 2.37. The first-order valence-corrected chi connectivity index (χ1v) is 6.46. The van der Waals surface area contributed by atoms with E-state index in [-0.39, 0.29) is 17.4 Å². The van der Waals surface area contributed by atoms with Crippen molar-refractivity contribution in [1.82, 2.24) is 4.90 Å². The Morgan fingerprint density at radius 3 is 2.67 bits per heavy atom. The van der Waals surface area contributed by atoms with Crippen molar-refractivity contribution in [1.29, 1.82) is 0 Å². The van der Waals surface area contributed by atoms with Crippen LogP contribution < -0.4 is 5.11 Å². The molecule has 0 saturated carbocycles. The lowest BCUT2D eigenvalue weighted by molar-refractivity contribution is -0.310. The van der Waals surface area contributed by atoms with Crippen molar-refractivity contribution in [2.45, 2.75) is 18.3 Å². The number of hydrogen-bond acceptors (Lipinski definition) is 5. The predicted octanol–water partition coefficient (Wildman–Crippen LogP) is 0.105. The van der Waals surface area contributed by atoms with Crippen molar-refractivity contribution < 1.29 is 19.8 Å². The zero-order chi connectivity index (χ0) is 13.3. The second kappa shape index (κ2) is 4.89. The first-order valence-electron chi connectivity index (χ1n) is 5.41. The van der Waals surface area contributed by atoms with Gasteiger partial charge in [-0.15, -0.1) is 11.8 Å². The number of rotatable bonds is 2. The molecule has 0 unspecified atom stereocenters. The van der Waals surface area contributed by atoms with E-state index >= 15 is 0 Å². The molecule has 1 aromatic carbocycles. The lowest BCUT2D eigenvalue weighted by Gasteiger charge is -2.29. The van der Waals surface area contributed by atoms with Crippen LogP contribution in [-0.2, 0) is 9.59 Å². The van der Waals surface area contributed by atoms with E-state index < -0.39 is 17.4 Å². The van der Waals surface area contributed by atoms with Crippen LogP contribution in [0, 0.1) is 0 Å². The van der Waals surface area contributed by atoms with Gasteiger partial charge in [-0.2, -0.15) is 0 Å². The van der Waals surface area contributed by atoms with Crippen molar-refractivity contribution in [3.8, 4) is 5.75 Å².